The average Bonchev–Trinajstić information content (AvgIpc) is 2.47. The van der Waals surface area contributed by atoms with Crippen molar-refractivity contribution in [2.24, 2.45) is 7.05 Å². The molecule has 0 aliphatic heterocycles. The molecule has 0 aromatic carbocycles. The maximum atomic E-state index is 5.64. The van der Waals surface area contributed by atoms with Crippen molar-refractivity contribution in [2.45, 2.75) is 6.92 Å². The third-order valence-electron chi connectivity index (χ3n) is 2.17. The quantitative estimate of drug-likeness (QED) is 0.735. The SMILES string of the molecule is Cc1cc(-c2cncc(N)c2)nn1C. The first kappa shape index (κ1) is 8.74. The Bertz CT molecular complexity index is 439. The zero-order chi connectivity index (χ0) is 10.1. The van der Waals surface area contributed by atoms with Gasteiger partial charge in [0.1, 0.15) is 0 Å². The minimum atomic E-state index is 0.658. The van der Waals surface area contributed by atoms with Gasteiger partial charge in [0.2, 0.25) is 0 Å². The number of pyridine rings is 1. The van der Waals surface area contributed by atoms with Crippen LogP contribution in [0.25, 0.3) is 11.3 Å². The van der Waals surface area contributed by atoms with E-state index >= 15 is 0 Å². The van der Waals surface area contributed by atoms with Crippen LogP contribution in [-0.4, -0.2) is 14.8 Å². The molecule has 2 N–H and O–H groups in total. The third-order valence-corrected chi connectivity index (χ3v) is 2.17. The van der Waals surface area contributed by atoms with Crippen LogP contribution < -0.4 is 5.73 Å². The molecule has 0 amide bonds. The smallest absolute Gasteiger partial charge is 0.0942 e. The predicted octanol–water partition coefficient (Wildman–Crippen LogP) is 1.37. The Labute approximate surface area is 82.4 Å². The van der Waals surface area contributed by atoms with Crippen LogP contribution >= 0.6 is 0 Å². The molecule has 0 radical (unpaired) electrons. The molecule has 0 spiro atoms. The van der Waals surface area contributed by atoms with Crippen LogP contribution in [0.2, 0.25) is 0 Å². The van der Waals surface area contributed by atoms with Crippen molar-refractivity contribution in [1.82, 2.24) is 14.8 Å². The van der Waals surface area contributed by atoms with Crippen molar-refractivity contribution in [3.8, 4) is 11.3 Å². The van der Waals surface area contributed by atoms with Gasteiger partial charge < -0.3 is 5.73 Å². The minimum absolute atomic E-state index is 0.658. The van der Waals surface area contributed by atoms with E-state index in [9.17, 15) is 0 Å². The first-order valence-electron chi connectivity index (χ1n) is 4.38. The van der Waals surface area contributed by atoms with E-state index in [1.165, 1.54) is 0 Å². The first-order chi connectivity index (χ1) is 6.66. The van der Waals surface area contributed by atoms with Gasteiger partial charge in [-0.2, -0.15) is 5.10 Å². The lowest BCUT2D eigenvalue weighted by molar-refractivity contribution is 0.742. The normalized spacial score (nSPS) is 10.4. The molecule has 0 unspecified atom stereocenters. The lowest BCUT2D eigenvalue weighted by atomic mass is 10.2. The standard InChI is InChI=1S/C10H12N4/c1-7-3-10(13-14(7)2)8-4-9(11)6-12-5-8/h3-6H,11H2,1-2H3. The Morgan fingerprint density at radius 1 is 1.29 bits per heavy atom. The molecule has 0 saturated carbocycles. The van der Waals surface area contributed by atoms with E-state index in [4.69, 9.17) is 5.73 Å². The Balaban J connectivity index is 2.49. The van der Waals surface area contributed by atoms with E-state index in [1.54, 1.807) is 12.4 Å². The molecule has 0 bridgehead atoms. The molecule has 2 rings (SSSR count). The topological polar surface area (TPSA) is 56.7 Å². The first-order valence-corrected chi connectivity index (χ1v) is 4.38. The molecule has 0 saturated heterocycles. The van der Waals surface area contributed by atoms with Crippen molar-refractivity contribution < 1.29 is 0 Å². The van der Waals surface area contributed by atoms with Crippen LogP contribution in [0.5, 0.6) is 0 Å². The van der Waals surface area contributed by atoms with E-state index in [-0.39, 0.29) is 0 Å². The summed E-state index contributed by atoms with van der Waals surface area (Å²) in [6.07, 6.45) is 3.39. The molecule has 0 atom stereocenters. The molecule has 72 valence electrons. The molecule has 2 aromatic rings. The lowest BCUT2D eigenvalue weighted by Gasteiger charge is -1.96. The molecule has 0 fully saturated rings. The van der Waals surface area contributed by atoms with Gasteiger partial charge in [0, 0.05) is 30.7 Å². The summed E-state index contributed by atoms with van der Waals surface area (Å²) in [5, 5.41) is 4.34. The summed E-state index contributed by atoms with van der Waals surface area (Å²) in [5.74, 6) is 0. The lowest BCUT2D eigenvalue weighted by Crippen LogP contribution is -1.93. The van der Waals surface area contributed by atoms with E-state index in [2.05, 4.69) is 10.1 Å². The number of nitrogens with two attached hydrogens (primary N) is 1. The van der Waals surface area contributed by atoms with Gasteiger partial charge in [-0.05, 0) is 19.1 Å². The Hall–Kier alpha value is -1.84. The van der Waals surface area contributed by atoms with Gasteiger partial charge in [0.25, 0.3) is 0 Å². The fraction of sp³-hybridized carbons (Fsp3) is 0.200. The van der Waals surface area contributed by atoms with Crippen LogP contribution in [0, 0.1) is 6.92 Å². The number of nitrogen functional groups attached to an aromatic ring is 1. The number of hydrogen-bond donors (Lipinski definition) is 1. The Kier molecular flexibility index (Phi) is 1.96. The highest BCUT2D eigenvalue weighted by molar-refractivity contribution is 5.62. The van der Waals surface area contributed by atoms with Gasteiger partial charge in [0.05, 0.1) is 11.4 Å². The summed E-state index contributed by atoms with van der Waals surface area (Å²) in [7, 11) is 1.92. The van der Waals surface area contributed by atoms with Crippen molar-refractivity contribution in [2.75, 3.05) is 5.73 Å². The zero-order valence-corrected chi connectivity index (χ0v) is 8.23. The zero-order valence-electron chi connectivity index (χ0n) is 8.23. The molecule has 14 heavy (non-hydrogen) atoms. The van der Waals surface area contributed by atoms with Crippen molar-refractivity contribution in [1.29, 1.82) is 0 Å². The van der Waals surface area contributed by atoms with Gasteiger partial charge in [-0.1, -0.05) is 0 Å². The maximum Gasteiger partial charge on any atom is 0.0942 e. The van der Waals surface area contributed by atoms with Crippen molar-refractivity contribution in [3.63, 3.8) is 0 Å². The molecule has 2 aromatic heterocycles. The van der Waals surface area contributed by atoms with Crippen molar-refractivity contribution in [3.05, 3.63) is 30.2 Å². The summed E-state index contributed by atoms with van der Waals surface area (Å²) in [5.41, 5.74) is 9.27. The summed E-state index contributed by atoms with van der Waals surface area (Å²) < 4.78 is 1.83. The Morgan fingerprint density at radius 3 is 2.64 bits per heavy atom. The highest BCUT2D eigenvalue weighted by Crippen LogP contribution is 2.19. The molecule has 2 heterocycles. The second-order valence-electron chi connectivity index (χ2n) is 3.30. The van der Waals surface area contributed by atoms with Gasteiger partial charge in [-0.15, -0.1) is 0 Å². The van der Waals surface area contributed by atoms with Crippen molar-refractivity contribution >= 4 is 5.69 Å². The number of aromatic nitrogens is 3. The Morgan fingerprint density at radius 2 is 2.07 bits per heavy atom. The van der Waals surface area contributed by atoms with Crippen LogP contribution in [0.3, 0.4) is 0 Å². The maximum absolute atomic E-state index is 5.64. The number of aryl methyl sites for hydroxylation is 2. The molecular formula is C10H12N4. The van der Waals surface area contributed by atoms with Gasteiger partial charge >= 0.3 is 0 Å². The summed E-state index contributed by atoms with van der Waals surface area (Å²) in [6, 6.07) is 3.88. The molecule has 4 nitrogen and oxygen atoms in total. The van der Waals surface area contributed by atoms with Crippen LogP contribution in [0.1, 0.15) is 5.69 Å². The van der Waals surface area contributed by atoms with Gasteiger partial charge in [-0.3, -0.25) is 9.67 Å². The predicted molar refractivity (Wildman–Crippen MR) is 55.6 cm³/mol. The van der Waals surface area contributed by atoms with Crippen LogP contribution in [0.4, 0.5) is 5.69 Å². The van der Waals surface area contributed by atoms with E-state index in [0.29, 0.717) is 5.69 Å². The molecule has 0 aliphatic carbocycles. The van der Waals surface area contributed by atoms with E-state index in [0.717, 1.165) is 17.0 Å². The second kappa shape index (κ2) is 3.14. The number of rotatable bonds is 1. The molecular weight excluding hydrogens is 176 g/mol. The number of hydrogen-bond acceptors (Lipinski definition) is 3. The largest absolute Gasteiger partial charge is 0.397 e. The van der Waals surface area contributed by atoms with Crippen LogP contribution in [0.15, 0.2) is 24.5 Å². The minimum Gasteiger partial charge on any atom is -0.397 e. The van der Waals surface area contributed by atoms with Gasteiger partial charge in [-0.25, -0.2) is 0 Å². The molecule has 0 aliphatic rings. The fourth-order valence-corrected chi connectivity index (χ4v) is 1.30. The third kappa shape index (κ3) is 1.46. The average molecular weight is 188 g/mol. The van der Waals surface area contributed by atoms with E-state index in [1.807, 2.05) is 30.8 Å². The summed E-state index contributed by atoms with van der Waals surface area (Å²) in [6.45, 7) is 2.01. The number of nitrogens with zero attached hydrogens (tertiary/aromatic N) is 3. The van der Waals surface area contributed by atoms with Crippen LogP contribution in [-0.2, 0) is 7.05 Å². The summed E-state index contributed by atoms with van der Waals surface area (Å²) in [4.78, 5) is 4.03. The number of anilines is 1. The van der Waals surface area contributed by atoms with Gasteiger partial charge in [0.15, 0.2) is 0 Å². The van der Waals surface area contributed by atoms with E-state index < -0.39 is 0 Å². The monoisotopic (exact) mass is 188 g/mol. The second-order valence-corrected chi connectivity index (χ2v) is 3.30. The highest BCUT2D eigenvalue weighted by atomic mass is 15.3. The summed E-state index contributed by atoms with van der Waals surface area (Å²) >= 11 is 0. The fourth-order valence-electron chi connectivity index (χ4n) is 1.30. The highest BCUT2D eigenvalue weighted by Gasteiger charge is 2.04. The molecule has 4 heteroatoms.